The average molecular weight is 2050 g/mol. The number of phenolic OH excluding ortho intramolecular Hbond substituents is 2. The SMILES string of the molecule is C=O.CCC(C)(C)C(=O)Cc1ccc(OS(=O)(=O)C(F)(F)C(F)(F)C(F)(F)S(=O)(=O)[O-])cc1.CCC(C)(C)C(=O)Oc1ccc(OC(C)OCCC2CCCCC2)cc1.CCC(C)(CO)C(=O)OC(=O)c1ccc(OS(=O)(=O)C(F)(F)C(F)(F)C(F)(F)S(=O)(=O)[O-])cc1.CCC(C)c1ccc(O)cc1.CCC(C)c1ccc2cc(O)ccc2c1.c1ccc([S+](c2ccccc2)c2ccccc2)cc1. The van der Waals surface area contributed by atoms with Crippen molar-refractivity contribution in [2.75, 3.05) is 13.2 Å². The summed E-state index contributed by atoms with van der Waals surface area (Å²) in [5.74, 6) is -15.7. The lowest BCUT2D eigenvalue weighted by Gasteiger charge is -2.32. The van der Waals surface area contributed by atoms with E-state index >= 15 is 0 Å². The summed E-state index contributed by atoms with van der Waals surface area (Å²) < 4.78 is 298. The highest BCUT2D eigenvalue weighted by Crippen LogP contribution is 2.53. The summed E-state index contributed by atoms with van der Waals surface area (Å²) in [5.41, 5.74) is -0.202. The number of benzene rings is 9. The molecule has 0 saturated heterocycles. The van der Waals surface area contributed by atoms with E-state index in [0.717, 1.165) is 55.7 Å². The Labute approximate surface area is 799 Å². The van der Waals surface area contributed by atoms with Crippen molar-refractivity contribution in [2.24, 2.45) is 22.2 Å². The van der Waals surface area contributed by atoms with Crippen molar-refractivity contribution in [3.8, 4) is 34.5 Å². The zero-order valence-corrected chi connectivity index (χ0v) is 81.9. The minimum Gasteiger partial charge on any atom is -0.743 e. The third-order valence-electron chi connectivity index (χ3n) is 22.4. The Morgan fingerprint density at radius 2 is 0.841 bits per heavy atom. The molecule has 0 aromatic heterocycles. The quantitative estimate of drug-likeness (QED) is 0.00480. The fourth-order valence-electron chi connectivity index (χ4n) is 11.8. The molecule has 0 spiro atoms. The fourth-order valence-corrected chi connectivity index (χ4v) is 16.8. The van der Waals surface area contributed by atoms with Crippen molar-refractivity contribution in [3.63, 3.8) is 0 Å². The second kappa shape index (κ2) is 51.5. The van der Waals surface area contributed by atoms with Crippen LogP contribution in [0.15, 0.2) is 239 Å². The van der Waals surface area contributed by atoms with E-state index in [1.54, 1.807) is 57.2 Å². The molecule has 1 saturated carbocycles. The van der Waals surface area contributed by atoms with E-state index < -0.39 is 125 Å². The van der Waals surface area contributed by atoms with Crippen molar-refractivity contribution in [1.29, 1.82) is 0 Å². The molecule has 0 radical (unpaired) electrons. The van der Waals surface area contributed by atoms with Gasteiger partial charge in [0.25, 0.3) is 0 Å². The number of aliphatic hydroxyl groups excluding tert-OH is 1. The molecule has 3 N–H and O–H groups in total. The zero-order chi connectivity index (χ0) is 105. The molecule has 0 amide bonds. The number of ketones is 1. The first-order valence-corrected chi connectivity index (χ1v) is 49.9. The molecule has 138 heavy (non-hydrogen) atoms. The lowest BCUT2D eigenvalue weighted by atomic mass is 9.82. The Bertz CT molecular complexity index is 5760. The number of aromatic hydroxyl groups is 2. The number of rotatable bonds is 36. The number of hydrogen-bond acceptors (Lipinski definition) is 24. The van der Waals surface area contributed by atoms with Crippen molar-refractivity contribution >= 4 is 92.6 Å². The van der Waals surface area contributed by atoms with Crippen LogP contribution >= 0.6 is 0 Å². The second-order valence-electron chi connectivity index (χ2n) is 33.1. The minimum atomic E-state index is -7.44. The first-order valence-electron chi connectivity index (χ1n) is 43.0. The van der Waals surface area contributed by atoms with Gasteiger partial charge in [0.2, 0.25) is 0 Å². The number of alkyl halides is 12. The van der Waals surface area contributed by atoms with Crippen LogP contribution in [0.2, 0.25) is 0 Å². The number of Topliss-reactive ketones (excluding diaryl/α,β-unsaturated/α-hetero) is 1. The molecule has 41 heteroatoms. The standard InChI is InChI=1S/C22H34O4.C18H15S.C16H16F6O10S2.C16H18F6O7S2.C14H16O.C10H14O.CH2O/c1-5-22(3,4)21(23)26-20-13-11-19(12-14-20)25-17(2)24-16-15-18-9-7-6-8-10-18;1-4-10-16(11-5-1)19(17-12-6-2-7-13-17)18-14-8-3-9-15-18;1-3-13(2,8-23)12(25)31-11(24)9-4-6-10(7-5-9)32-34(29,30)16(21,22)14(17,18)15(19,20)33(26,27)28;1-4-13(2,3)12(23)9-10-5-7-11(8-6-10)29-31(27,28)16(21,22)14(17,18)15(19,20)30(24,25)26;1-3-10(2)11-4-5-13-9-14(15)7-6-12(13)8-11;1-3-8(2)9-4-6-10(11)7-5-9;1-2/h11-14,17-18H,5-10,15-16H2,1-4H3;1-15H;4-7,23H,3,8H2,1-2H3,(H,26,27,28);5-8H,4,9H2,1-3H3,(H,24,25,26);4-10,15H,3H2,1-2H3;4-8,11H,3H2,1-2H3;1H2/q;+1;;;;;/p-2. The number of carbonyl (C=O) groups is 5. The Balaban J connectivity index is 0.000000355. The van der Waals surface area contributed by atoms with Gasteiger partial charge in [0, 0.05) is 11.8 Å². The maximum atomic E-state index is 13.7. The average Bonchev–Trinajstić information content (AvgIpc) is 0.725. The lowest BCUT2D eigenvalue weighted by molar-refractivity contribution is -0.247. The van der Waals surface area contributed by atoms with Gasteiger partial charge in [0.05, 0.1) is 40.5 Å². The van der Waals surface area contributed by atoms with Crippen molar-refractivity contribution in [3.05, 3.63) is 247 Å². The fraction of sp³-hybridized carbons (Fsp3) is 0.412. The van der Waals surface area contributed by atoms with Gasteiger partial charge in [-0.05, 0) is 233 Å². The van der Waals surface area contributed by atoms with Crippen LogP contribution < -0.4 is 17.8 Å². The first kappa shape index (κ1) is 120. The van der Waals surface area contributed by atoms with Gasteiger partial charge in [0.15, 0.2) is 41.2 Å². The summed E-state index contributed by atoms with van der Waals surface area (Å²) in [5, 5.41) is 2.14. The zero-order valence-electron chi connectivity index (χ0n) is 77.8. The summed E-state index contributed by atoms with van der Waals surface area (Å²) in [6, 6.07) is 64.1. The van der Waals surface area contributed by atoms with E-state index in [9.17, 15) is 125 Å². The second-order valence-corrected chi connectivity index (χ2v) is 41.2. The third kappa shape index (κ3) is 32.2. The maximum absolute atomic E-state index is 13.7. The van der Waals surface area contributed by atoms with Crippen molar-refractivity contribution in [1.82, 2.24) is 0 Å². The number of aliphatic hydroxyl groups is 1. The number of hydrogen-bond donors (Lipinski definition) is 3. The Morgan fingerprint density at radius 1 is 0.457 bits per heavy atom. The monoisotopic (exact) mass is 2050 g/mol. The van der Waals surface area contributed by atoms with Crippen LogP contribution in [0.3, 0.4) is 0 Å². The topological polar surface area (TPSA) is 384 Å². The van der Waals surface area contributed by atoms with Gasteiger partial charge in [-0.25, -0.2) is 21.6 Å². The van der Waals surface area contributed by atoms with Gasteiger partial charge in [-0.2, -0.15) is 69.5 Å². The highest BCUT2D eigenvalue weighted by molar-refractivity contribution is 7.97. The van der Waals surface area contributed by atoms with E-state index in [2.05, 4.69) is 150 Å². The van der Waals surface area contributed by atoms with Crippen LogP contribution in [0.4, 0.5) is 52.7 Å². The number of ether oxygens (including phenoxy) is 4. The Kier molecular flexibility index (Phi) is 44.6. The molecule has 10 rings (SSSR count). The van der Waals surface area contributed by atoms with Crippen LogP contribution in [0.1, 0.15) is 200 Å². The van der Waals surface area contributed by atoms with Crippen molar-refractivity contribution in [2.45, 2.75) is 233 Å². The summed E-state index contributed by atoms with van der Waals surface area (Å²) in [6.07, 6.45) is 11.1. The molecule has 0 heterocycles. The summed E-state index contributed by atoms with van der Waals surface area (Å²) in [4.78, 5) is 60.2. The number of phenols is 2. The summed E-state index contributed by atoms with van der Waals surface area (Å²) >= 11 is 0. The molecule has 1 fully saturated rings. The van der Waals surface area contributed by atoms with Crippen LogP contribution in [0, 0.1) is 22.2 Å². The van der Waals surface area contributed by atoms with Gasteiger partial charge in [-0.15, -0.1) is 0 Å². The number of fused-ring (bicyclic) bond motifs is 1. The van der Waals surface area contributed by atoms with Gasteiger partial charge in [0.1, 0.15) is 47.1 Å². The van der Waals surface area contributed by atoms with Crippen LogP contribution in [-0.4, -0.2) is 141 Å². The van der Waals surface area contributed by atoms with Crippen LogP contribution in [-0.2, 0) is 86.4 Å². The Hall–Kier alpha value is -10.7. The number of esters is 3. The molecular formula is C97H113F12O24S5-. The number of halogens is 12. The smallest absolute Gasteiger partial charge is 0.450 e. The largest absolute Gasteiger partial charge is 0.743 e. The van der Waals surface area contributed by atoms with Crippen molar-refractivity contribution < 1.29 is 162 Å². The summed E-state index contributed by atoms with van der Waals surface area (Å²) in [7, 11) is -28.8. The molecule has 1 aliphatic rings. The summed E-state index contributed by atoms with van der Waals surface area (Å²) in [6.45, 7) is 26.4. The molecule has 9 aromatic carbocycles. The molecule has 9 aromatic rings. The van der Waals surface area contributed by atoms with Gasteiger partial charge in [-0.3, -0.25) is 14.4 Å². The number of carbonyl (C=O) groups excluding carboxylic acids is 5. The molecule has 760 valence electrons. The van der Waals surface area contributed by atoms with Gasteiger partial charge >= 0.3 is 71.0 Å². The van der Waals surface area contributed by atoms with E-state index in [0.29, 0.717) is 77.7 Å². The normalized spacial score (nSPS) is 14.1. The van der Waals surface area contributed by atoms with Crippen LogP contribution in [0.5, 0.6) is 34.5 Å². The predicted octanol–water partition coefficient (Wildman–Crippen LogP) is 22.5. The van der Waals surface area contributed by atoms with Gasteiger partial charge in [-0.1, -0.05) is 198 Å². The molecule has 24 nitrogen and oxygen atoms in total. The maximum Gasteiger partial charge on any atom is 0.450 e. The molecule has 0 bridgehead atoms. The minimum absolute atomic E-state index is 0.0146. The van der Waals surface area contributed by atoms with Gasteiger partial charge < -0.3 is 56.5 Å². The highest BCUT2D eigenvalue weighted by atomic mass is 32.2. The van der Waals surface area contributed by atoms with E-state index in [1.807, 2.05) is 64.8 Å². The van der Waals surface area contributed by atoms with Crippen LogP contribution in [0.25, 0.3) is 10.8 Å². The van der Waals surface area contributed by atoms with E-state index in [-0.39, 0.29) is 47.3 Å². The van der Waals surface area contributed by atoms with E-state index in [1.165, 1.54) is 77.2 Å². The first-order chi connectivity index (χ1) is 64.0. The highest BCUT2D eigenvalue weighted by Gasteiger charge is 2.82. The lowest BCUT2D eigenvalue weighted by Crippen LogP contribution is -2.61. The predicted molar refractivity (Wildman–Crippen MR) is 493 cm³/mol. The molecule has 1 aliphatic carbocycles. The molecule has 4 atom stereocenters. The molecule has 4 unspecified atom stereocenters. The molecule has 0 aliphatic heterocycles. The molecular weight excluding hydrogens is 1940 g/mol. The third-order valence-corrected chi connectivity index (χ3v) is 29.0. The Morgan fingerprint density at radius 3 is 1.25 bits per heavy atom. The van der Waals surface area contributed by atoms with E-state index in [4.69, 9.17) is 24.1 Å².